The normalized spacial score (nSPS) is 13.3. The molecule has 2 heteroatoms. The first-order chi connectivity index (χ1) is 6.49. The van der Waals surface area contributed by atoms with E-state index < -0.39 is 0 Å². The molecule has 78 valence electrons. The Bertz CT molecular complexity index is 285. The van der Waals surface area contributed by atoms with Gasteiger partial charge in [-0.3, -0.25) is 0 Å². The van der Waals surface area contributed by atoms with E-state index in [0.29, 0.717) is 0 Å². The van der Waals surface area contributed by atoms with Crippen molar-refractivity contribution in [2.45, 2.75) is 19.9 Å². The standard InChI is InChI=1S/C12H20N2/c1-9-5-10(2)7-11(6-9)12(13)8-14(3)4/h5-7,12H,8,13H2,1-4H3. The van der Waals surface area contributed by atoms with Gasteiger partial charge in [0.2, 0.25) is 0 Å². The molecule has 0 saturated carbocycles. The smallest absolute Gasteiger partial charge is 0.0424 e. The van der Waals surface area contributed by atoms with Gasteiger partial charge >= 0.3 is 0 Å². The predicted octanol–water partition coefficient (Wildman–Crippen LogP) is 1.86. The summed E-state index contributed by atoms with van der Waals surface area (Å²) in [6.45, 7) is 5.11. The number of hydrogen-bond donors (Lipinski definition) is 1. The minimum Gasteiger partial charge on any atom is -0.323 e. The fourth-order valence-electron chi connectivity index (χ4n) is 1.72. The van der Waals surface area contributed by atoms with E-state index in [1.807, 2.05) is 14.1 Å². The van der Waals surface area contributed by atoms with Gasteiger partial charge in [-0.2, -0.15) is 0 Å². The zero-order valence-electron chi connectivity index (χ0n) is 9.54. The molecule has 2 N–H and O–H groups in total. The van der Waals surface area contributed by atoms with Crippen LogP contribution in [0.2, 0.25) is 0 Å². The molecule has 0 heterocycles. The second kappa shape index (κ2) is 4.58. The number of likely N-dealkylation sites (N-methyl/N-ethyl adjacent to an activating group) is 1. The van der Waals surface area contributed by atoms with Gasteiger partial charge in [0.25, 0.3) is 0 Å². The molecule has 2 nitrogen and oxygen atoms in total. The third-order valence-electron chi connectivity index (χ3n) is 2.23. The van der Waals surface area contributed by atoms with Crippen LogP contribution in [0.5, 0.6) is 0 Å². The molecular formula is C12H20N2. The molecule has 0 amide bonds. The molecule has 0 saturated heterocycles. The molecule has 1 aromatic rings. The summed E-state index contributed by atoms with van der Waals surface area (Å²) in [5.74, 6) is 0. The zero-order chi connectivity index (χ0) is 10.7. The summed E-state index contributed by atoms with van der Waals surface area (Å²) in [5.41, 5.74) is 9.90. The van der Waals surface area contributed by atoms with Gasteiger partial charge in [0.15, 0.2) is 0 Å². The molecule has 1 aromatic carbocycles. The quantitative estimate of drug-likeness (QED) is 0.792. The highest BCUT2D eigenvalue weighted by molar-refractivity contribution is 5.30. The van der Waals surface area contributed by atoms with Gasteiger partial charge in [0, 0.05) is 12.6 Å². The Kier molecular flexibility index (Phi) is 3.67. The lowest BCUT2D eigenvalue weighted by molar-refractivity contribution is 0.376. The van der Waals surface area contributed by atoms with Crippen LogP contribution in [0.25, 0.3) is 0 Å². The van der Waals surface area contributed by atoms with Gasteiger partial charge in [0.05, 0.1) is 0 Å². The van der Waals surface area contributed by atoms with Crippen LogP contribution in [0, 0.1) is 13.8 Å². The largest absolute Gasteiger partial charge is 0.323 e. The van der Waals surface area contributed by atoms with Gasteiger partial charge in [-0.1, -0.05) is 29.3 Å². The van der Waals surface area contributed by atoms with Crippen molar-refractivity contribution < 1.29 is 0 Å². The molecular weight excluding hydrogens is 172 g/mol. The van der Waals surface area contributed by atoms with E-state index in [1.54, 1.807) is 0 Å². The first-order valence-corrected chi connectivity index (χ1v) is 4.97. The molecule has 0 fully saturated rings. The molecule has 0 spiro atoms. The van der Waals surface area contributed by atoms with Gasteiger partial charge in [-0.25, -0.2) is 0 Å². The highest BCUT2D eigenvalue weighted by atomic mass is 15.1. The second-order valence-electron chi connectivity index (χ2n) is 4.29. The third-order valence-corrected chi connectivity index (χ3v) is 2.23. The first-order valence-electron chi connectivity index (χ1n) is 4.97. The van der Waals surface area contributed by atoms with Crippen LogP contribution >= 0.6 is 0 Å². The summed E-state index contributed by atoms with van der Waals surface area (Å²) in [7, 11) is 4.09. The zero-order valence-corrected chi connectivity index (χ0v) is 9.54. The number of benzene rings is 1. The SMILES string of the molecule is Cc1cc(C)cc(C(N)CN(C)C)c1. The minimum atomic E-state index is 0.114. The molecule has 0 aromatic heterocycles. The Balaban J connectivity index is 2.84. The van der Waals surface area contributed by atoms with Crippen molar-refractivity contribution in [1.29, 1.82) is 0 Å². The van der Waals surface area contributed by atoms with Gasteiger partial charge < -0.3 is 10.6 Å². The Labute approximate surface area is 86.7 Å². The molecule has 0 aliphatic carbocycles. The summed E-state index contributed by atoms with van der Waals surface area (Å²) < 4.78 is 0. The molecule has 0 aliphatic heterocycles. The highest BCUT2D eigenvalue weighted by Crippen LogP contribution is 2.15. The van der Waals surface area contributed by atoms with E-state index in [2.05, 4.69) is 36.9 Å². The predicted molar refractivity (Wildman–Crippen MR) is 61.4 cm³/mol. The van der Waals surface area contributed by atoms with Crippen molar-refractivity contribution in [3.8, 4) is 0 Å². The maximum atomic E-state index is 6.09. The van der Waals surface area contributed by atoms with Crippen LogP contribution < -0.4 is 5.73 Å². The number of nitrogens with two attached hydrogens (primary N) is 1. The van der Waals surface area contributed by atoms with E-state index in [9.17, 15) is 0 Å². The van der Waals surface area contributed by atoms with Crippen LogP contribution in [0.15, 0.2) is 18.2 Å². The number of rotatable bonds is 3. The van der Waals surface area contributed by atoms with Crippen LogP contribution in [-0.2, 0) is 0 Å². The number of hydrogen-bond acceptors (Lipinski definition) is 2. The molecule has 0 bridgehead atoms. The van der Waals surface area contributed by atoms with Gasteiger partial charge in [-0.05, 0) is 33.5 Å². The molecule has 0 aliphatic rings. The van der Waals surface area contributed by atoms with Crippen molar-refractivity contribution in [3.05, 3.63) is 34.9 Å². The van der Waals surface area contributed by atoms with Crippen molar-refractivity contribution in [1.82, 2.24) is 4.90 Å². The fraction of sp³-hybridized carbons (Fsp3) is 0.500. The average molecular weight is 192 g/mol. The summed E-state index contributed by atoms with van der Waals surface area (Å²) in [6.07, 6.45) is 0. The van der Waals surface area contributed by atoms with Gasteiger partial charge in [0.1, 0.15) is 0 Å². The Morgan fingerprint density at radius 1 is 1.14 bits per heavy atom. The topological polar surface area (TPSA) is 29.3 Å². The summed E-state index contributed by atoms with van der Waals surface area (Å²) in [6, 6.07) is 6.62. The van der Waals surface area contributed by atoms with E-state index in [0.717, 1.165) is 6.54 Å². The molecule has 0 radical (unpaired) electrons. The number of aryl methyl sites for hydroxylation is 2. The van der Waals surface area contributed by atoms with E-state index in [1.165, 1.54) is 16.7 Å². The van der Waals surface area contributed by atoms with E-state index in [4.69, 9.17) is 5.73 Å². The van der Waals surface area contributed by atoms with Crippen molar-refractivity contribution in [2.75, 3.05) is 20.6 Å². The van der Waals surface area contributed by atoms with Crippen LogP contribution in [-0.4, -0.2) is 25.5 Å². The van der Waals surface area contributed by atoms with Crippen LogP contribution in [0.1, 0.15) is 22.7 Å². The highest BCUT2D eigenvalue weighted by Gasteiger charge is 2.07. The lowest BCUT2D eigenvalue weighted by Crippen LogP contribution is -2.26. The van der Waals surface area contributed by atoms with Crippen molar-refractivity contribution in [3.63, 3.8) is 0 Å². The molecule has 1 unspecified atom stereocenters. The summed E-state index contributed by atoms with van der Waals surface area (Å²) in [4.78, 5) is 2.11. The first kappa shape index (κ1) is 11.2. The Morgan fingerprint density at radius 3 is 2.07 bits per heavy atom. The lowest BCUT2D eigenvalue weighted by Gasteiger charge is -2.18. The molecule has 14 heavy (non-hydrogen) atoms. The lowest BCUT2D eigenvalue weighted by atomic mass is 10.0. The van der Waals surface area contributed by atoms with Crippen molar-refractivity contribution >= 4 is 0 Å². The summed E-state index contributed by atoms with van der Waals surface area (Å²) in [5, 5.41) is 0. The van der Waals surface area contributed by atoms with Crippen LogP contribution in [0.4, 0.5) is 0 Å². The van der Waals surface area contributed by atoms with Crippen LogP contribution in [0.3, 0.4) is 0 Å². The van der Waals surface area contributed by atoms with Gasteiger partial charge in [-0.15, -0.1) is 0 Å². The molecule has 1 rings (SSSR count). The maximum absolute atomic E-state index is 6.09. The monoisotopic (exact) mass is 192 g/mol. The van der Waals surface area contributed by atoms with Crippen molar-refractivity contribution in [2.24, 2.45) is 5.73 Å². The maximum Gasteiger partial charge on any atom is 0.0424 e. The third kappa shape index (κ3) is 3.13. The second-order valence-corrected chi connectivity index (χ2v) is 4.29. The summed E-state index contributed by atoms with van der Waals surface area (Å²) >= 11 is 0. The Morgan fingerprint density at radius 2 is 1.64 bits per heavy atom. The minimum absolute atomic E-state index is 0.114. The molecule has 1 atom stereocenters. The van der Waals surface area contributed by atoms with E-state index >= 15 is 0 Å². The fourth-order valence-corrected chi connectivity index (χ4v) is 1.72. The van der Waals surface area contributed by atoms with E-state index in [-0.39, 0.29) is 6.04 Å². The number of nitrogens with zero attached hydrogens (tertiary/aromatic N) is 1. The Hall–Kier alpha value is -0.860. The average Bonchev–Trinajstić information content (AvgIpc) is 2.00.